The number of nitrogens with one attached hydrogen (secondary N) is 1. The fraction of sp³-hybridized carbons (Fsp3) is 0.316. The number of aryl methyl sites for hydroxylation is 3. The molecule has 3 rings (SSSR count). The van der Waals surface area contributed by atoms with Gasteiger partial charge in [-0.3, -0.25) is 10.1 Å². The molecular formula is C19H21N3O3S. The number of carbonyl (C=O) groups is 1. The summed E-state index contributed by atoms with van der Waals surface area (Å²) >= 11 is 1.74. The zero-order valence-corrected chi connectivity index (χ0v) is 15.9. The summed E-state index contributed by atoms with van der Waals surface area (Å²) in [6.07, 6.45) is 1.17. The van der Waals surface area contributed by atoms with E-state index in [0.717, 1.165) is 23.5 Å². The van der Waals surface area contributed by atoms with Gasteiger partial charge < -0.3 is 8.83 Å². The average Bonchev–Trinajstić information content (AvgIpc) is 3.19. The Kier molecular flexibility index (Phi) is 5.78. The summed E-state index contributed by atoms with van der Waals surface area (Å²) in [5, 5.41) is 10.5. The van der Waals surface area contributed by atoms with Crippen LogP contribution in [0.3, 0.4) is 0 Å². The van der Waals surface area contributed by atoms with Gasteiger partial charge in [0.05, 0.1) is 5.56 Å². The minimum Gasteiger partial charge on any atom is -0.466 e. The van der Waals surface area contributed by atoms with Crippen molar-refractivity contribution in [1.82, 2.24) is 10.2 Å². The highest BCUT2D eigenvalue weighted by molar-refractivity contribution is 7.99. The van der Waals surface area contributed by atoms with Crippen LogP contribution < -0.4 is 5.32 Å². The Bertz CT molecular complexity index is 884. The first-order valence-corrected chi connectivity index (χ1v) is 9.40. The van der Waals surface area contributed by atoms with Crippen molar-refractivity contribution in [2.75, 3.05) is 11.1 Å². The second-order valence-corrected chi connectivity index (χ2v) is 7.22. The molecule has 0 fully saturated rings. The van der Waals surface area contributed by atoms with E-state index in [9.17, 15) is 4.79 Å². The van der Waals surface area contributed by atoms with Crippen LogP contribution in [0.1, 0.15) is 29.9 Å². The summed E-state index contributed by atoms with van der Waals surface area (Å²) in [5.41, 5.74) is 1.98. The first-order chi connectivity index (χ1) is 12.5. The molecule has 1 N–H and O–H groups in total. The number of aromatic nitrogens is 2. The number of hydrogen-bond acceptors (Lipinski definition) is 6. The van der Waals surface area contributed by atoms with Gasteiger partial charge in [0.25, 0.3) is 5.89 Å². The number of amides is 1. The first kappa shape index (κ1) is 18.3. The number of nitrogens with zero attached hydrogens (tertiary/aromatic N) is 2. The number of anilines is 1. The van der Waals surface area contributed by atoms with E-state index in [1.54, 1.807) is 11.8 Å². The monoisotopic (exact) mass is 371 g/mol. The van der Waals surface area contributed by atoms with Crippen molar-refractivity contribution in [2.24, 2.45) is 0 Å². The summed E-state index contributed by atoms with van der Waals surface area (Å²) in [6.45, 7) is 5.75. The Labute approximate surface area is 156 Å². The molecule has 3 aromatic rings. The third-order valence-electron chi connectivity index (χ3n) is 3.78. The Hall–Kier alpha value is -2.54. The van der Waals surface area contributed by atoms with E-state index in [1.165, 1.54) is 10.5 Å². The largest absolute Gasteiger partial charge is 0.466 e. The standard InChI is InChI=1S/C19H21N3O3S/c1-12-6-8-15(9-7-12)26-10-4-5-17(23)20-19-22-21-18(25-19)16-11-13(2)24-14(16)3/h6-9,11H,4-5,10H2,1-3H3,(H,20,22,23). The quantitative estimate of drug-likeness (QED) is 0.476. The highest BCUT2D eigenvalue weighted by Gasteiger charge is 2.15. The minimum atomic E-state index is -0.134. The molecule has 0 radical (unpaired) electrons. The van der Waals surface area contributed by atoms with Crippen LogP contribution in [0.5, 0.6) is 0 Å². The van der Waals surface area contributed by atoms with E-state index < -0.39 is 0 Å². The molecule has 0 aliphatic carbocycles. The molecule has 136 valence electrons. The maximum atomic E-state index is 12.0. The van der Waals surface area contributed by atoms with Crippen molar-refractivity contribution in [3.63, 3.8) is 0 Å². The molecule has 1 amide bonds. The van der Waals surface area contributed by atoms with Crippen molar-refractivity contribution in [3.8, 4) is 11.5 Å². The molecule has 0 spiro atoms. The molecule has 0 aliphatic heterocycles. The van der Waals surface area contributed by atoms with Gasteiger partial charge in [0, 0.05) is 11.3 Å². The van der Waals surface area contributed by atoms with E-state index in [2.05, 4.69) is 46.7 Å². The molecule has 1 aromatic carbocycles. The average molecular weight is 371 g/mol. The lowest BCUT2D eigenvalue weighted by Gasteiger charge is -2.02. The zero-order chi connectivity index (χ0) is 18.5. The molecule has 7 heteroatoms. The van der Waals surface area contributed by atoms with Gasteiger partial charge >= 0.3 is 6.01 Å². The summed E-state index contributed by atoms with van der Waals surface area (Å²) in [5.74, 6) is 2.55. The topological polar surface area (TPSA) is 81.2 Å². The third kappa shape index (κ3) is 4.76. The molecule has 2 heterocycles. The maximum Gasteiger partial charge on any atom is 0.322 e. The van der Waals surface area contributed by atoms with Gasteiger partial charge in [-0.1, -0.05) is 22.8 Å². The molecule has 26 heavy (non-hydrogen) atoms. The SMILES string of the molecule is Cc1ccc(SCCCC(=O)Nc2nnc(-c3cc(C)oc3C)o2)cc1. The predicted molar refractivity (Wildman–Crippen MR) is 101 cm³/mol. The Balaban J connectivity index is 1.45. The van der Waals surface area contributed by atoms with Crippen LogP contribution in [0, 0.1) is 20.8 Å². The molecule has 0 saturated carbocycles. The van der Waals surface area contributed by atoms with Crippen LogP contribution in [0.25, 0.3) is 11.5 Å². The van der Waals surface area contributed by atoms with Crippen molar-refractivity contribution < 1.29 is 13.6 Å². The van der Waals surface area contributed by atoms with Gasteiger partial charge in [-0.25, -0.2) is 0 Å². The van der Waals surface area contributed by atoms with Gasteiger partial charge in [0.2, 0.25) is 5.91 Å². The molecule has 0 aliphatic rings. The number of carbonyl (C=O) groups excluding carboxylic acids is 1. The summed E-state index contributed by atoms with van der Waals surface area (Å²) in [6, 6.07) is 10.3. The van der Waals surface area contributed by atoms with Crippen LogP contribution in [0.15, 0.2) is 44.1 Å². The molecule has 0 bridgehead atoms. The predicted octanol–water partition coefficient (Wildman–Crippen LogP) is 4.77. The molecule has 0 saturated heterocycles. The fourth-order valence-corrected chi connectivity index (χ4v) is 3.32. The summed E-state index contributed by atoms with van der Waals surface area (Å²) in [7, 11) is 0. The van der Waals surface area contributed by atoms with E-state index in [1.807, 2.05) is 19.9 Å². The number of benzene rings is 1. The molecule has 0 atom stereocenters. The molecule has 0 unspecified atom stereocenters. The number of thioether (sulfide) groups is 1. The van der Waals surface area contributed by atoms with Crippen LogP contribution in [0.2, 0.25) is 0 Å². The van der Waals surface area contributed by atoms with Gasteiger partial charge in [-0.05, 0) is 51.1 Å². The normalized spacial score (nSPS) is 10.9. The van der Waals surface area contributed by atoms with Crippen molar-refractivity contribution in [2.45, 2.75) is 38.5 Å². The lowest BCUT2D eigenvalue weighted by molar-refractivity contribution is -0.116. The second kappa shape index (κ2) is 8.23. The van der Waals surface area contributed by atoms with Crippen LogP contribution >= 0.6 is 11.8 Å². The van der Waals surface area contributed by atoms with Crippen molar-refractivity contribution in [1.29, 1.82) is 0 Å². The fourth-order valence-electron chi connectivity index (χ4n) is 2.46. The molecule has 6 nitrogen and oxygen atoms in total. The second-order valence-electron chi connectivity index (χ2n) is 6.05. The van der Waals surface area contributed by atoms with Crippen molar-refractivity contribution in [3.05, 3.63) is 47.4 Å². The van der Waals surface area contributed by atoms with Gasteiger partial charge in [-0.2, -0.15) is 0 Å². The first-order valence-electron chi connectivity index (χ1n) is 8.41. The van der Waals surface area contributed by atoms with Gasteiger partial charge in [-0.15, -0.1) is 16.9 Å². The van der Waals surface area contributed by atoms with E-state index in [-0.39, 0.29) is 11.9 Å². The summed E-state index contributed by atoms with van der Waals surface area (Å²) in [4.78, 5) is 13.2. The van der Waals surface area contributed by atoms with Gasteiger partial charge in [0.15, 0.2) is 0 Å². The molecular weight excluding hydrogens is 350 g/mol. The Morgan fingerprint density at radius 2 is 1.88 bits per heavy atom. The van der Waals surface area contributed by atoms with E-state index >= 15 is 0 Å². The number of hydrogen-bond donors (Lipinski definition) is 1. The zero-order valence-electron chi connectivity index (χ0n) is 15.0. The minimum absolute atomic E-state index is 0.106. The number of rotatable bonds is 7. The van der Waals surface area contributed by atoms with E-state index in [4.69, 9.17) is 8.83 Å². The van der Waals surface area contributed by atoms with Crippen molar-refractivity contribution >= 4 is 23.7 Å². The highest BCUT2D eigenvalue weighted by atomic mass is 32.2. The van der Waals surface area contributed by atoms with E-state index in [0.29, 0.717) is 18.1 Å². The van der Waals surface area contributed by atoms with Crippen LogP contribution in [-0.4, -0.2) is 21.9 Å². The van der Waals surface area contributed by atoms with Crippen LogP contribution in [0.4, 0.5) is 6.01 Å². The third-order valence-corrected chi connectivity index (χ3v) is 4.88. The smallest absolute Gasteiger partial charge is 0.322 e. The highest BCUT2D eigenvalue weighted by Crippen LogP contribution is 2.26. The number of furan rings is 1. The Morgan fingerprint density at radius 3 is 2.58 bits per heavy atom. The maximum absolute atomic E-state index is 12.0. The lowest BCUT2D eigenvalue weighted by atomic mass is 10.2. The Morgan fingerprint density at radius 1 is 1.12 bits per heavy atom. The van der Waals surface area contributed by atoms with Gasteiger partial charge in [0.1, 0.15) is 11.5 Å². The summed E-state index contributed by atoms with van der Waals surface area (Å²) < 4.78 is 11.0. The molecule has 2 aromatic heterocycles. The lowest BCUT2D eigenvalue weighted by Crippen LogP contribution is -2.11. The van der Waals surface area contributed by atoms with Crippen LogP contribution in [-0.2, 0) is 4.79 Å².